The fourth-order valence-corrected chi connectivity index (χ4v) is 4.20. The van der Waals surface area contributed by atoms with Crippen molar-refractivity contribution in [1.29, 1.82) is 0 Å². The van der Waals surface area contributed by atoms with E-state index in [0.717, 1.165) is 24.2 Å². The third kappa shape index (κ3) is 5.74. The van der Waals surface area contributed by atoms with Crippen molar-refractivity contribution in [3.63, 3.8) is 0 Å². The summed E-state index contributed by atoms with van der Waals surface area (Å²) < 4.78 is 10.5. The molecule has 2 amide bonds. The molecule has 1 aliphatic heterocycles. The second-order valence-corrected chi connectivity index (χ2v) is 8.74. The van der Waals surface area contributed by atoms with Gasteiger partial charge in [0, 0.05) is 25.3 Å². The fraction of sp³-hybridized carbons (Fsp3) is 0.480. The fourth-order valence-electron chi connectivity index (χ4n) is 4.20. The van der Waals surface area contributed by atoms with Crippen molar-refractivity contribution >= 4 is 17.8 Å². The Balaban J connectivity index is 1.60. The Kier molecular flexibility index (Phi) is 7.79. The monoisotopic (exact) mass is 455 g/mol. The van der Waals surface area contributed by atoms with E-state index in [2.05, 4.69) is 10.3 Å². The van der Waals surface area contributed by atoms with Gasteiger partial charge in [-0.25, -0.2) is 4.79 Å². The second-order valence-electron chi connectivity index (χ2n) is 8.74. The van der Waals surface area contributed by atoms with Gasteiger partial charge in [0.25, 0.3) is 5.91 Å². The first-order valence-corrected chi connectivity index (χ1v) is 11.3. The molecule has 33 heavy (non-hydrogen) atoms. The highest BCUT2D eigenvalue weighted by Crippen LogP contribution is 2.24. The molecule has 2 heterocycles. The van der Waals surface area contributed by atoms with E-state index in [-0.39, 0.29) is 23.8 Å². The summed E-state index contributed by atoms with van der Waals surface area (Å²) in [4.78, 5) is 42.7. The molecule has 0 spiro atoms. The Bertz CT molecular complexity index is 1010. The molecule has 1 saturated heterocycles. The molecule has 0 aliphatic carbocycles. The maximum Gasteiger partial charge on any atom is 0.339 e. The van der Waals surface area contributed by atoms with Crippen LogP contribution < -0.4 is 10.1 Å². The van der Waals surface area contributed by atoms with E-state index >= 15 is 0 Å². The van der Waals surface area contributed by atoms with Crippen LogP contribution in [0, 0.1) is 19.8 Å². The lowest BCUT2D eigenvalue weighted by Gasteiger charge is -2.32. The van der Waals surface area contributed by atoms with Crippen LogP contribution in [0.1, 0.15) is 64.4 Å². The van der Waals surface area contributed by atoms with Crippen molar-refractivity contribution in [3.8, 4) is 5.75 Å². The summed E-state index contributed by atoms with van der Waals surface area (Å²) in [6.45, 7) is 8.76. The van der Waals surface area contributed by atoms with Crippen LogP contribution in [-0.4, -0.2) is 54.0 Å². The Morgan fingerprint density at radius 2 is 1.88 bits per heavy atom. The Hall–Kier alpha value is -3.29. The molecule has 0 saturated carbocycles. The zero-order valence-electron chi connectivity index (χ0n) is 20.0. The van der Waals surface area contributed by atoms with Crippen molar-refractivity contribution in [2.45, 2.75) is 53.2 Å². The highest BCUT2D eigenvalue weighted by molar-refractivity contribution is 6.00. The lowest BCUT2D eigenvalue weighted by Crippen LogP contribution is -2.45. The van der Waals surface area contributed by atoms with Gasteiger partial charge in [-0.05, 0) is 63.8 Å². The van der Waals surface area contributed by atoms with Crippen LogP contribution in [0.3, 0.4) is 0 Å². The number of aryl methyl sites for hydroxylation is 1. The molecule has 3 rings (SSSR count). The van der Waals surface area contributed by atoms with Gasteiger partial charge in [0.05, 0.1) is 24.7 Å². The van der Waals surface area contributed by atoms with Crippen LogP contribution in [-0.2, 0) is 16.1 Å². The predicted molar refractivity (Wildman–Crippen MR) is 124 cm³/mol. The number of methoxy groups -OCH3 is 1. The number of aromatic amines is 1. The number of esters is 1. The van der Waals surface area contributed by atoms with E-state index in [1.807, 2.05) is 38.1 Å². The number of H-pyrrole nitrogens is 1. The summed E-state index contributed by atoms with van der Waals surface area (Å²) >= 11 is 0. The number of amides is 2. The summed E-state index contributed by atoms with van der Waals surface area (Å²) in [6.07, 6.45) is 1.58. The molecule has 1 fully saturated rings. The maximum atomic E-state index is 13.2. The SMILES string of the molecule is COC(=O)c1c(C)[nH]c(C(=O)N2CCC[C@H](C(=O)NCc3ccc(OC(C)C)cc3)C2)c1C. The molecule has 178 valence electrons. The van der Waals surface area contributed by atoms with Gasteiger partial charge in [-0.1, -0.05) is 12.1 Å². The van der Waals surface area contributed by atoms with Crippen LogP contribution in [0.15, 0.2) is 24.3 Å². The summed E-state index contributed by atoms with van der Waals surface area (Å²) in [5.41, 5.74) is 2.91. The normalized spacial score (nSPS) is 15.9. The molecule has 2 N–H and O–H groups in total. The van der Waals surface area contributed by atoms with Crippen LogP contribution in [0.5, 0.6) is 5.75 Å². The lowest BCUT2D eigenvalue weighted by atomic mass is 9.96. The molecule has 1 aromatic carbocycles. The summed E-state index contributed by atoms with van der Waals surface area (Å²) in [5.74, 6) is -0.219. The van der Waals surface area contributed by atoms with E-state index in [1.165, 1.54) is 7.11 Å². The Morgan fingerprint density at radius 3 is 2.52 bits per heavy atom. The first-order chi connectivity index (χ1) is 15.7. The molecule has 8 nitrogen and oxygen atoms in total. The van der Waals surface area contributed by atoms with Crippen LogP contribution in [0.25, 0.3) is 0 Å². The Morgan fingerprint density at radius 1 is 1.18 bits per heavy atom. The first kappa shape index (κ1) is 24.4. The number of benzene rings is 1. The number of hydrogen-bond donors (Lipinski definition) is 2. The van der Waals surface area contributed by atoms with Gasteiger partial charge < -0.3 is 24.7 Å². The zero-order chi connectivity index (χ0) is 24.1. The number of carbonyl (C=O) groups is 3. The van der Waals surface area contributed by atoms with Crippen molar-refractivity contribution in [3.05, 3.63) is 52.3 Å². The van der Waals surface area contributed by atoms with Gasteiger partial charge in [-0.2, -0.15) is 0 Å². The minimum Gasteiger partial charge on any atom is -0.491 e. The largest absolute Gasteiger partial charge is 0.491 e. The molecular weight excluding hydrogens is 422 g/mol. The molecule has 1 aliphatic rings. The first-order valence-electron chi connectivity index (χ1n) is 11.3. The van der Waals surface area contributed by atoms with Crippen molar-refractivity contribution < 1.29 is 23.9 Å². The highest BCUT2D eigenvalue weighted by atomic mass is 16.5. The predicted octanol–water partition coefficient (Wildman–Crippen LogP) is 3.37. The molecule has 0 bridgehead atoms. The van der Waals surface area contributed by atoms with Gasteiger partial charge in [-0.3, -0.25) is 9.59 Å². The minimum absolute atomic E-state index is 0.0651. The number of ether oxygens (including phenoxy) is 2. The van der Waals surface area contributed by atoms with Crippen molar-refractivity contribution in [2.75, 3.05) is 20.2 Å². The topological polar surface area (TPSA) is 101 Å². The average molecular weight is 456 g/mol. The van der Waals surface area contributed by atoms with E-state index in [1.54, 1.807) is 18.7 Å². The van der Waals surface area contributed by atoms with Crippen LogP contribution in [0.2, 0.25) is 0 Å². The molecule has 2 aromatic rings. The molecule has 1 atom stereocenters. The number of nitrogens with zero attached hydrogens (tertiary/aromatic N) is 1. The molecule has 0 unspecified atom stereocenters. The van der Waals surface area contributed by atoms with Gasteiger partial charge in [0.15, 0.2) is 0 Å². The zero-order valence-corrected chi connectivity index (χ0v) is 20.0. The molecule has 1 aromatic heterocycles. The summed E-state index contributed by atoms with van der Waals surface area (Å²) in [7, 11) is 1.32. The number of carbonyl (C=O) groups excluding carboxylic acids is 3. The number of rotatable bonds is 7. The highest BCUT2D eigenvalue weighted by Gasteiger charge is 2.31. The van der Waals surface area contributed by atoms with Crippen molar-refractivity contribution in [1.82, 2.24) is 15.2 Å². The van der Waals surface area contributed by atoms with Crippen LogP contribution in [0.4, 0.5) is 0 Å². The lowest BCUT2D eigenvalue weighted by molar-refractivity contribution is -0.126. The van der Waals surface area contributed by atoms with Gasteiger partial charge in [-0.15, -0.1) is 0 Å². The van der Waals surface area contributed by atoms with E-state index in [9.17, 15) is 14.4 Å². The number of hydrogen-bond acceptors (Lipinski definition) is 5. The number of nitrogens with one attached hydrogen (secondary N) is 2. The van der Waals surface area contributed by atoms with E-state index in [0.29, 0.717) is 42.1 Å². The van der Waals surface area contributed by atoms with Crippen LogP contribution >= 0.6 is 0 Å². The van der Waals surface area contributed by atoms with Gasteiger partial charge in [0.2, 0.25) is 5.91 Å². The summed E-state index contributed by atoms with van der Waals surface area (Å²) in [6, 6.07) is 7.66. The van der Waals surface area contributed by atoms with E-state index in [4.69, 9.17) is 9.47 Å². The third-order valence-electron chi connectivity index (χ3n) is 5.88. The Labute approximate surface area is 194 Å². The quantitative estimate of drug-likeness (QED) is 0.624. The minimum atomic E-state index is -0.472. The molecular formula is C25H33N3O5. The molecule has 8 heteroatoms. The molecule has 0 radical (unpaired) electrons. The third-order valence-corrected chi connectivity index (χ3v) is 5.88. The number of aromatic nitrogens is 1. The average Bonchev–Trinajstić information content (AvgIpc) is 3.10. The standard InChI is InChI=1S/C25H33N3O5/c1-15(2)33-20-10-8-18(9-11-20)13-26-23(29)19-7-6-12-28(14-19)24(30)22-16(3)21(17(4)27-22)25(31)32-5/h8-11,15,19,27H,6-7,12-14H2,1-5H3,(H,26,29)/t19-/m0/s1. The smallest absolute Gasteiger partial charge is 0.339 e. The summed E-state index contributed by atoms with van der Waals surface area (Å²) in [5, 5.41) is 2.99. The van der Waals surface area contributed by atoms with E-state index < -0.39 is 5.97 Å². The van der Waals surface area contributed by atoms with Gasteiger partial charge in [0.1, 0.15) is 11.4 Å². The van der Waals surface area contributed by atoms with Crippen molar-refractivity contribution in [2.24, 2.45) is 5.92 Å². The number of piperidine rings is 1. The maximum absolute atomic E-state index is 13.2. The number of likely N-dealkylation sites (tertiary alicyclic amines) is 1. The van der Waals surface area contributed by atoms with Gasteiger partial charge >= 0.3 is 5.97 Å². The second kappa shape index (κ2) is 10.6.